The molecule has 23 heteroatoms. The number of aromatic nitrogens is 4. The van der Waals surface area contributed by atoms with Crippen LogP contribution in [0.4, 0.5) is 11.4 Å². The molecule has 0 spiro atoms. The molecule has 5 heterocycles. The Kier molecular flexibility index (Phi) is 15.1. The fourth-order valence-corrected chi connectivity index (χ4v) is 10.8. The van der Waals surface area contributed by atoms with Gasteiger partial charge >= 0.3 is 23.5 Å². The smallest absolute Gasteiger partial charge is 0.396 e. The molecule has 4 aromatic rings. The fraction of sp³-hybridized carbons (Fsp3) is 0.476. The average Bonchev–Trinajstić information content (AvgIpc) is 3.94. The molecule has 0 aliphatic carbocycles. The second-order valence-corrected chi connectivity index (χ2v) is 21.0. The first kappa shape index (κ1) is 48.9. The van der Waals surface area contributed by atoms with Crippen molar-refractivity contribution in [2.24, 2.45) is 0 Å². The van der Waals surface area contributed by atoms with E-state index in [-0.39, 0.29) is 36.1 Å². The lowest BCUT2D eigenvalue weighted by atomic mass is 9.81. The molecule has 4 N–H and O–H groups in total. The second kappa shape index (κ2) is 20.1. The molecule has 0 radical (unpaired) electrons. The molecule has 2 aromatic heterocycles. The van der Waals surface area contributed by atoms with Gasteiger partial charge in [0.2, 0.25) is 11.3 Å². The zero-order chi connectivity index (χ0) is 46.6. The lowest BCUT2D eigenvalue weighted by molar-refractivity contribution is -0.438. The Balaban J connectivity index is 0.900. The van der Waals surface area contributed by atoms with Crippen LogP contribution in [-0.4, -0.2) is 115 Å². The van der Waals surface area contributed by atoms with Crippen LogP contribution in [0.5, 0.6) is 0 Å². The summed E-state index contributed by atoms with van der Waals surface area (Å²) in [5.41, 5.74) is 6.47. The lowest BCUT2D eigenvalue weighted by Gasteiger charge is -2.26. The number of allylic oxidation sites excluding steroid dienone is 4. The van der Waals surface area contributed by atoms with Gasteiger partial charge in [0, 0.05) is 66.7 Å². The number of benzene rings is 2. The molecule has 3 aliphatic heterocycles. The van der Waals surface area contributed by atoms with E-state index in [1.165, 1.54) is 11.8 Å². The minimum Gasteiger partial charge on any atom is -0.396 e. The number of rotatable bonds is 22. The minimum absolute atomic E-state index is 0.0717. The second-order valence-electron chi connectivity index (χ2n) is 16.8. The SMILES string of the molecule is C[C@H]1C[C@@H](OP(=O)(O)OCCOP(=O)(O)OCCC[N+]2=C(/C=C/C=C3/N(CCCO)c4ccccc4C3(C)C)C(C)(C)c3ccccc32)[C@@H](COP(=O)(O)On2nnc3cccnc32)O1. The van der Waals surface area contributed by atoms with Gasteiger partial charge in [0.25, 0.3) is 0 Å². The van der Waals surface area contributed by atoms with E-state index in [1.54, 1.807) is 19.1 Å². The van der Waals surface area contributed by atoms with E-state index in [2.05, 4.69) is 88.9 Å². The van der Waals surface area contributed by atoms with Crippen LogP contribution in [0.25, 0.3) is 11.2 Å². The topological polar surface area (TPSA) is 247 Å². The van der Waals surface area contributed by atoms with E-state index in [9.17, 15) is 33.5 Å². The number of phosphoric acid groups is 3. The average molecular weight is 962 g/mol. The molecule has 20 nitrogen and oxygen atoms in total. The molecule has 2 aromatic carbocycles. The van der Waals surface area contributed by atoms with Gasteiger partial charge in [-0.25, -0.2) is 18.7 Å². The summed E-state index contributed by atoms with van der Waals surface area (Å²) >= 11 is 0. The molecule has 6 atom stereocenters. The number of aliphatic hydroxyl groups is 1. The van der Waals surface area contributed by atoms with Gasteiger partial charge in [-0.2, -0.15) is 4.58 Å². The van der Waals surface area contributed by atoms with Crippen molar-refractivity contribution in [1.29, 1.82) is 0 Å². The summed E-state index contributed by atoms with van der Waals surface area (Å²) in [6.45, 7) is 9.72. The lowest BCUT2D eigenvalue weighted by Crippen LogP contribution is -2.29. The summed E-state index contributed by atoms with van der Waals surface area (Å²) in [5.74, 6) is 0. The van der Waals surface area contributed by atoms with Crippen molar-refractivity contribution in [3.05, 3.63) is 102 Å². The van der Waals surface area contributed by atoms with Crippen molar-refractivity contribution in [1.82, 2.24) is 20.1 Å². The third-order valence-electron chi connectivity index (χ3n) is 11.4. The Morgan fingerprint density at radius 3 is 2.34 bits per heavy atom. The molecule has 0 amide bonds. The van der Waals surface area contributed by atoms with Crippen molar-refractivity contribution in [3.8, 4) is 0 Å². The van der Waals surface area contributed by atoms with Crippen LogP contribution < -0.4 is 9.52 Å². The molecule has 352 valence electrons. The van der Waals surface area contributed by atoms with E-state index in [4.69, 9.17) is 32.0 Å². The molecule has 0 saturated carbocycles. The monoisotopic (exact) mass is 961 g/mol. The highest BCUT2D eigenvalue weighted by Gasteiger charge is 2.45. The van der Waals surface area contributed by atoms with Gasteiger partial charge in [0.05, 0.1) is 37.9 Å². The summed E-state index contributed by atoms with van der Waals surface area (Å²) in [5, 5.41) is 17.1. The number of pyridine rings is 1. The fourth-order valence-electron chi connectivity index (χ4n) is 8.44. The van der Waals surface area contributed by atoms with Crippen LogP contribution in [-0.2, 0) is 51.9 Å². The van der Waals surface area contributed by atoms with Gasteiger partial charge in [-0.1, -0.05) is 56.3 Å². The Bertz CT molecular complexity index is 2580. The highest BCUT2D eigenvalue weighted by molar-refractivity contribution is 7.48. The standard InChI is InChI=1S/C42H55N6O14P3/c1-30-28-36(37(60-30)29-59-65(54,55)62-48-40-33(44-45-48)16-11-21-43-40)61-64(52,53)58-27-26-57-63(50,51)56-25-13-23-47-35-18-9-7-15-32(35)42(4,5)39(47)20-10-19-38-41(2,3)31-14-6-8-17-34(31)46(38)22-12-24-49/h6-11,14-21,30,36-37,49H,12-13,22-29H2,1-5H3,(H2-,50,51,52,53,54,55)/p+1/t30-,36+,37+/m0/s1. The Morgan fingerprint density at radius 2 is 1.57 bits per heavy atom. The number of hydrogen-bond acceptors (Lipinski definition) is 15. The number of aliphatic hydroxyl groups excluding tert-OH is 1. The normalized spacial score (nSPS) is 23.5. The zero-order valence-corrected chi connectivity index (χ0v) is 39.5. The Morgan fingerprint density at radius 1 is 0.862 bits per heavy atom. The number of para-hydroxylation sites is 2. The van der Waals surface area contributed by atoms with E-state index in [0.717, 1.165) is 28.3 Å². The van der Waals surface area contributed by atoms with Crippen molar-refractivity contribution in [2.45, 2.75) is 83.0 Å². The summed E-state index contributed by atoms with van der Waals surface area (Å²) < 4.78 is 76.8. The van der Waals surface area contributed by atoms with Crippen LogP contribution in [0, 0.1) is 0 Å². The molecular formula is C42H56N6O14P3+. The zero-order valence-electron chi connectivity index (χ0n) is 36.8. The summed E-state index contributed by atoms with van der Waals surface area (Å²) in [6.07, 6.45) is 6.16. The predicted octanol–water partition coefficient (Wildman–Crippen LogP) is 6.27. The first-order chi connectivity index (χ1) is 30.8. The van der Waals surface area contributed by atoms with Crippen LogP contribution in [0.15, 0.2) is 90.8 Å². The van der Waals surface area contributed by atoms with Crippen LogP contribution >= 0.6 is 23.5 Å². The molecule has 3 unspecified atom stereocenters. The highest BCUT2D eigenvalue weighted by atomic mass is 31.2. The van der Waals surface area contributed by atoms with Crippen LogP contribution in [0.1, 0.15) is 65.0 Å². The van der Waals surface area contributed by atoms with Crippen molar-refractivity contribution < 1.29 is 70.0 Å². The van der Waals surface area contributed by atoms with Gasteiger partial charge in [0.15, 0.2) is 12.3 Å². The van der Waals surface area contributed by atoms with Gasteiger partial charge in [0.1, 0.15) is 17.7 Å². The van der Waals surface area contributed by atoms with E-state index < -0.39 is 61.6 Å². The van der Waals surface area contributed by atoms with Gasteiger partial charge in [-0.15, -0.1) is 5.10 Å². The van der Waals surface area contributed by atoms with E-state index in [1.807, 2.05) is 30.3 Å². The molecule has 1 saturated heterocycles. The molecular weight excluding hydrogens is 905 g/mol. The maximum atomic E-state index is 12.9. The van der Waals surface area contributed by atoms with E-state index >= 15 is 0 Å². The number of nitrogens with zero attached hydrogens (tertiary/aromatic N) is 6. The summed E-state index contributed by atoms with van der Waals surface area (Å²) in [6, 6.07) is 19.6. The van der Waals surface area contributed by atoms with Gasteiger partial charge in [-0.05, 0) is 67.1 Å². The van der Waals surface area contributed by atoms with Gasteiger partial charge < -0.3 is 24.5 Å². The van der Waals surface area contributed by atoms with Crippen LogP contribution in [0.2, 0.25) is 0 Å². The van der Waals surface area contributed by atoms with E-state index in [0.29, 0.717) is 36.3 Å². The molecule has 3 aliphatic rings. The Hall–Kier alpha value is -3.97. The molecule has 0 bridgehead atoms. The first-order valence-electron chi connectivity index (χ1n) is 21.2. The summed E-state index contributed by atoms with van der Waals surface area (Å²) in [7, 11) is -14.2. The maximum absolute atomic E-state index is 12.9. The third-order valence-corrected chi connectivity index (χ3v) is 14.3. The van der Waals surface area contributed by atoms with Crippen molar-refractivity contribution in [2.75, 3.05) is 51.0 Å². The van der Waals surface area contributed by atoms with Crippen molar-refractivity contribution in [3.63, 3.8) is 0 Å². The minimum atomic E-state index is -4.81. The Labute approximate surface area is 376 Å². The van der Waals surface area contributed by atoms with Crippen LogP contribution in [0.3, 0.4) is 0 Å². The van der Waals surface area contributed by atoms with Crippen molar-refractivity contribution >= 4 is 51.7 Å². The number of ether oxygens (including phenoxy) is 1. The maximum Gasteiger partial charge on any atom is 0.548 e. The predicted molar refractivity (Wildman–Crippen MR) is 239 cm³/mol. The number of anilines is 1. The quantitative estimate of drug-likeness (QED) is 0.0385. The molecule has 7 rings (SSSR count). The van der Waals surface area contributed by atoms with Gasteiger partial charge in [-0.3, -0.25) is 32.1 Å². The summed E-state index contributed by atoms with van der Waals surface area (Å²) in [4.78, 5) is 38.1. The molecule has 1 fully saturated rings. The number of fused-ring (bicyclic) bond motifs is 3. The highest BCUT2D eigenvalue weighted by Crippen LogP contribution is 2.50. The third kappa shape index (κ3) is 11.4. The molecule has 65 heavy (non-hydrogen) atoms. The first-order valence-corrected chi connectivity index (χ1v) is 25.7. The number of phosphoric ester groups is 3. The number of hydrogen-bond donors (Lipinski definition) is 4. The largest absolute Gasteiger partial charge is 0.548 e.